The first-order valence-electron chi connectivity index (χ1n) is 15.9. The van der Waals surface area contributed by atoms with Gasteiger partial charge in [0.1, 0.15) is 11.9 Å². The van der Waals surface area contributed by atoms with Crippen LogP contribution in [0.3, 0.4) is 0 Å². The lowest BCUT2D eigenvalue weighted by Gasteiger charge is -2.39. The molecule has 0 bridgehead atoms. The number of hydrogen-bond donors (Lipinski definition) is 3. The number of aromatic nitrogens is 4. The number of anilines is 2. The first kappa shape index (κ1) is 33.7. The third kappa shape index (κ3) is 7.31. The Morgan fingerprint density at radius 1 is 1.08 bits per heavy atom. The van der Waals surface area contributed by atoms with Crippen LogP contribution in [0.15, 0.2) is 60.8 Å². The van der Waals surface area contributed by atoms with E-state index in [2.05, 4.69) is 20.4 Å². The fourth-order valence-corrected chi connectivity index (χ4v) is 6.50. The van der Waals surface area contributed by atoms with Gasteiger partial charge in [0.2, 0.25) is 17.9 Å². The molecular formula is C34H36F3N7O5. The highest BCUT2D eigenvalue weighted by atomic mass is 19.4. The minimum atomic E-state index is -4.90. The van der Waals surface area contributed by atoms with Gasteiger partial charge in [-0.1, -0.05) is 18.2 Å². The van der Waals surface area contributed by atoms with Gasteiger partial charge in [-0.15, -0.1) is 0 Å². The van der Waals surface area contributed by atoms with Gasteiger partial charge in [-0.2, -0.15) is 28.2 Å². The number of nitrogens with one attached hydrogen (secondary N) is 1. The van der Waals surface area contributed by atoms with Gasteiger partial charge in [0, 0.05) is 37.5 Å². The molecule has 49 heavy (non-hydrogen) atoms. The van der Waals surface area contributed by atoms with Crippen LogP contribution in [0.25, 0.3) is 16.8 Å². The lowest BCUT2D eigenvalue weighted by Crippen LogP contribution is -2.41. The number of aromatic carboxylic acids is 1. The van der Waals surface area contributed by atoms with Crippen molar-refractivity contribution in [1.29, 1.82) is 0 Å². The van der Waals surface area contributed by atoms with Gasteiger partial charge in [-0.3, -0.25) is 4.79 Å². The van der Waals surface area contributed by atoms with Crippen LogP contribution in [-0.2, 0) is 9.53 Å². The molecule has 258 valence electrons. The Morgan fingerprint density at radius 3 is 2.43 bits per heavy atom. The molecule has 12 nitrogen and oxygen atoms in total. The van der Waals surface area contributed by atoms with Crippen molar-refractivity contribution in [2.75, 3.05) is 36.9 Å². The molecule has 0 amide bonds. The molecule has 2 aromatic carbocycles. The summed E-state index contributed by atoms with van der Waals surface area (Å²) in [5, 5.41) is 16.9. The zero-order valence-corrected chi connectivity index (χ0v) is 26.9. The SMILES string of the molecule is CCOC(=O)C1CC2(CCN(c3cc(O[C@@H](c4cc(-c5ccc(C(=O)O)cc5)ccc4-n4ccc(C)n4)C(F)(F)F)nc(N)n3)CC2)CN1. The van der Waals surface area contributed by atoms with E-state index in [0.29, 0.717) is 55.3 Å². The number of esters is 1. The largest absolute Gasteiger partial charge is 0.478 e. The average Bonchev–Trinajstić information content (AvgIpc) is 3.69. The number of benzene rings is 2. The van der Waals surface area contributed by atoms with Crippen LogP contribution >= 0.6 is 0 Å². The second-order valence-corrected chi connectivity index (χ2v) is 12.4. The first-order chi connectivity index (χ1) is 23.3. The van der Waals surface area contributed by atoms with E-state index in [9.17, 15) is 27.9 Å². The number of carboxylic acid groups (broad SMARTS) is 1. The molecule has 2 aromatic heterocycles. The molecule has 1 spiro atoms. The number of rotatable bonds is 9. The highest BCUT2D eigenvalue weighted by molar-refractivity contribution is 5.88. The number of carbonyl (C=O) groups excluding carboxylic acids is 1. The van der Waals surface area contributed by atoms with Gasteiger partial charge in [0.25, 0.3) is 0 Å². The molecule has 2 fully saturated rings. The molecule has 0 radical (unpaired) electrons. The first-order valence-corrected chi connectivity index (χ1v) is 15.9. The van der Waals surface area contributed by atoms with Crippen molar-refractivity contribution in [3.05, 3.63) is 77.6 Å². The number of halogens is 3. The third-order valence-corrected chi connectivity index (χ3v) is 9.07. The van der Waals surface area contributed by atoms with E-state index in [-0.39, 0.29) is 46.1 Å². The lowest BCUT2D eigenvalue weighted by molar-refractivity contribution is -0.198. The van der Waals surface area contributed by atoms with Crippen LogP contribution in [0.5, 0.6) is 5.88 Å². The van der Waals surface area contributed by atoms with Crippen molar-refractivity contribution in [3.63, 3.8) is 0 Å². The fourth-order valence-electron chi connectivity index (χ4n) is 6.50. The minimum Gasteiger partial charge on any atom is -0.478 e. The Labute approximate surface area is 280 Å². The standard InChI is InChI=1S/C34H36F3N7O5/c1-3-48-31(47)25-18-33(19-39-25)11-14-43(15-12-33)27-17-28(41-32(38)40-27)49-29(34(35,36)37)24-16-23(21-4-6-22(7-5-21)30(45)46)8-9-26(24)44-13-10-20(2)42-44/h4-10,13,16-17,25,29,39H,3,11-12,14-15,18-19H2,1-2H3,(H,45,46)(H2,38,40,41)/t25?,29-/m0/s1. The molecule has 0 saturated carbocycles. The molecule has 2 aliphatic rings. The minimum absolute atomic E-state index is 0.0471. The zero-order chi connectivity index (χ0) is 34.9. The topological polar surface area (TPSA) is 158 Å². The molecule has 4 N–H and O–H groups in total. The highest BCUT2D eigenvalue weighted by Gasteiger charge is 2.46. The van der Waals surface area contributed by atoms with E-state index < -0.39 is 18.2 Å². The summed E-state index contributed by atoms with van der Waals surface area (Å²) < 4.78 is 57.2. The van der Waals surface area contributed by atoms with E-state index in [1.165, 1.54) is 47.1 Å². The quantitative estimate of drug-likeness (QED) is 0.202. The maximum atomic E-state index is 15.0. The normalized spacial score (nSPS) is 18.0. The average molecular weight is 680 g/mol. The van der Waals surface area contributed by atoms with Crippen LogP contribution in [0.4, 0.5) is 24.9 Å². The molecule has 2 saturated heterocycles. The monoisotopic (exact) mass is 679 g/mol. The van der Waals surface area contributed by atoms with E-state index in [1.807, 2.05) is 4.90 Å². The number of alkyl halides is 3. The molecule has 2 atom stereocenters. The van der Waals surface area contributed by atoms with Gasteiger partial charge < -0.3 is 30.5 Å². The van der Waals surface area contributed by atoms with Crippen molar-refractivity contribution in [3.8, 4) is 22.7 Å². The number of nitrogens with zero attached hydrogens (tertiary/aromatic N) is 5. The number of carbonyl (C=O) groups is 2. The number of hydrogen-bond acceptors (Lipinski definition) is 10. The third-order valence-electron chi connectivity index (χ3n) is 9.07. The molecule has 1 unspecified atom stereocenters. The van der Waals surface area contributed by atoms with E-state index >= 15 is 0 Å². The van der Waals surface area contributed by atoms with Gasteiger partial charge in [0.15, 0.2) is 0 Å². The summed E-state index contributed by atoms with van der Waals surface area (Å²) in [6.45, 7) is 5.55. The molecule has 0 aliphatic carbocycles. The van der Waals surface area contributed by atoms with Crippen LogP contribution in [0.2, 0.25) is 0 Å². The Kier molecular flexibility index (Phi) is 9.20. The molecule has 4 aromatic rings. The van der Waals surface area contributed by atoms with E-state index in [0.717, 1.165) is 12.8 Å². The number of piperidine rings is 1. The van der Waals surface area contributed by atoms with E-state index in [4.69, 9.17) is 15.2 Å². The molecule has 2 aliphatic heterocycles. The van der Waals surface area contributed by atoms with Crippen LogP contribution < -0.4 is 20.7 Å². The van der Waals surface area contributed by atoms with Crippen molar-refractivity contribution in [2.24, 2.45) is 5.41 Å². The summed E-state index contributed by atoms with van der Waals surface area (Å²) in [5.74, 6) is -1.64. The molecule has 15 heteroatoms. The van der Waals surface area contributed by atoms with E-state index in [1.54, 1.807) is 32.2 Å². The summed E-state index contributed by atoms with van der Waals surface area (Å²) >= 11 is 0. The maximum Gasteiger partial charge on any atom is 0.429 e. The fraction of sp³-hybridized carbons (Fsp3) is 0.382. The van der Waals surface area contributed by atoms with Crippen molar-refractivity contribution in [2.45, 2.75) is 51.4 Å². The Morgan fingerprint density at radius 2 is 1.80 bits per heavy atom. The zero-order valence-electron chi connectivity index (χ0n) is 26.9. The predicted molar refractivity (Wildman–Crippen MR) is 173 cm³/mol. The van der Waals surface area contributed by atoms with Crippen LogP contribution in [-0.4, -0.2) is 75.3 Å². The molecular weight excluding hydrogens is 643 g/mol. The van der Waals surface area contributed by atoms with Gasteiger partial charge >= 0.3 is 18.1 Å². The Balaban J connectivity index is 1.29. The second-order valence-electron chi connectivity index (χ2n) is 12.4. The summed E-state index contributed by atoms with van der Waals surface area (Å²) in [7, 11) is 0. The lowest BCUT2D eigenvalue weighted by atomic mass is 9.76. The number of nitrogens with two attached hydrogens (primary N) is 1. The van der Waals surface area contributed by atoms with Crippen LogP contribution in [0.1, 0.15) is 53.9 Å². The summed E-state index contributed by atoms with van der Waals surface area (Å²) in [6, 6.07) is 13.0. The Hall–Kier alpha value is -5.18. The van der Waals surface area contributed by atoms with Gasteiger partial charge in [-0.25, -0.2) is 9.48 Å². The summed E-state index contributed by atoms with van der Waals surface area (Å²) in [6.07, 6.45) is -3.72. The van der Waals surface area contributed by atoms with Crippen LogP contribution in [0, 0.1) is 12.3 Å². The van der Waals surface area contributed by atoms with Gasteiger partial charge in [-0.05, 0) is 80.0 Å². The number of aryl methyl sites for hydroxylation is 1. The maximum absolute atomic E-state index is 15.0. The van der Waals surface area contributed by atoms with Crippen molar-refractivity contribution >= 4 is 23.7 Å². The summed E-state index contributed by atoms with van der Waals surface area (Å²) in [5.41, 5.74) is 7.38. The number of nitrogen functional groups attached to an aromatic ring is 1. The summed E-state index contributed by atoms with van der Waals surface area (Å²) in [4.78, 5) is 33.9. The highest BCUT2D eigenvalue weighted by Crippen LogP contribution is 2.43. The smallest absolute Gasteiger partial charge is 0.429 e. The number of carboxylic acids is 1. The number of ether oxygens (including phenoxy) is 2. The molecule has 6 rings (SSSR count). The molecule has 4 heterocycles. The van der Waals surface area contributed by atoms with Crippen molar-refractivity contribution in [1.82, 2.24) is 25.1 Å². The van der Waals surface area contributed by atoms with Gasteiger partial charge in [0.05, 0.1) is 23.6 Å². The Bertz CT molecular complexity index is 1840. The van der Waals surface area contributed by atoms with Crippen molar-refractivity contribution < 1.29 is 37.3 Å². The second kappa shape index (κ2) is 13.4. The predicted octanol–water partition coefficient (Wildman–Crippen LogP) is 5.11.